The number of nitrogens with zero attached hydrogens (tertiary/aromatic N) is 1. The summed E-state index contributed by atoms with van der Waals surface area (Å²) >= 11 is 0. The number of benzene rings is 2. The fourth-order valence-corrected chi connectivity index (χ4v) is 2.93. The molecule has 0 radical (unpaired) electrons. The molecule has 0 aliphatic carbocycles. The van der Waals surface area contributed by atoms with Crippen molar-refractivity contribution in [3.05, 3.63) is 60.2 Å². The third-order valence-electron chi connectivity index (χ3n) is 4.15. The molecule has 0 aromatic heterocycles. The number of methoxy groups -OCH3 is 1. The molecule has 2 N–H and O–H groups in total. The fourth-order valence-electron chi connectivity index (χ4n) is 2.93. The van der Waals surface area contributed by atoms with E-state index in [-0.39, 0.29) is 18.4 Å². The molecule has 2 aromatic rings. The van der Waals surface area contributed by atoms with E-state index >= 15 is 0 Å². The standard InChI is InChI=1S/C19H21N3O3/c1-25-16-9-7-15(8-10-16)21-19(24)18(14-5-3-2-4-6-14)22-12-11-20-17(23)13-22/h2-10,18H,11-13H2,1H3,(H,20,23)(H,21,24). The summed E-state index contributed by atoms with van der Waals surface area (Å²) in [6.45, 7) is 1.37. The van der Waals surface area contributed by atoms with Crippen molar-refractivity contribution in [2.75, 3.05) is 32.1 Å². The zero-order valence-corrected chi connectivity index (χ0v) is 14.1. The minimum Gasteiger partial charge on any atom is -0.497 e. The molecule has 1 heterocycles. The van der Waals surface area contributed by atoms with Gasteiger partial charge in [0.2, 0.25) is 11.8 Å². The molecule has 1 unspecified atom stereocenters. The van der Waals surface area contributed by atoms with Crippen molar-refractivity contribution in [2.24, 2.45) is 0 Å². The smallest absolute Gasteiger partial charge is 0.246 e. The Hall–Kier alpha value is -2.86. The summed E-state index contributed by atoms with van der Waals surface area (Å²) in [5, 5.41) is 5.73. The van der Waals surface area contributed by atoms with Gasteiger partial charge in [0.05, 0.1) is 13.7 Å². The van der Waals surface area contributed by atoms with Crippen LogP contribution < -0.4 is 15.4 Å². The van der Waals surface area contributed by atoms with Crippen LogP contribution >= 0.6 is 0 Å². The number of hydrogen-bond donors (Lipinski definition) is 2. The average molecular weight is 339 g/mol. The molecule has 1 saturated heterocycles. The maximum atomic E-state index is 13.0. The Bertz CT molecular complexity index is 731. The van der Waals surface area contributed by atoms with Crippen molar-refractivity contribution < 1.29 is 14.3 Å². The fraction of sp³-hybridized carbons (Fsp3) is 0.263. The van der Waals surface area contributed by atoms with E-state index in [4.69, 9.17) is 4.74 Å². The van der Waals surface area contributed by atoms with Crippen LogP contribution in [-0.2, 0) is 9.59 Å². The van der Waals surface area contributed by atoms with Gasteiger partial charge in [0.1, 0.15) is 11.8 Å². The van der Waals surface area contributed by atoms with Crippen LogP contribution in [-0.4, -0.2) is 43.5 Å². The maximum Gasteiger partial charge on any atom is 0.246 e. The highest BCUT2D eigenvalue weighted by Gasteiger charge is 2.31. The van der Waals surface area contributed by atoms with E-state index in [0.29, 0.717) is 18.8 Å². The molecule has 0 spiro atoms. The molecule has 1 atom stereocenters. The summed E-state index contributed by atoms with van der Waals surface area (Å²) in [4.78, 5) is 26.6. The molecule has 0 bridgehead atoms. The van der Waals surface area contributed by atoms with Crippen LogP contribution in [0.15, 0.2) is 54.6 Å². The van der Waals surface area contributed by atoms with Crippen molar-refractivity contribution in [2.45, 2.75) is 6.04 Å². The van der Waals surface area contributed by atoms with Gasteiger partial charge in [-0.1, -0.05) is 30.3 Å². The number of carbonyl (C=O) groups excluding carboxylic acids is 2. The summed E-state index contributed by atoms with van der Waals surface area (Å²) < 4.78 is 5.13. The first-order valence-electron chi connectivity index (χ1n) is 8.18. The number of amides is 2. The highest BCUT2D eigenvalue weighted by Crippen LogP contribution is 2.24. The lowest BCUT2D eigenvalue weighted by molar-refractivity contribution is -0.128. The van der Waals surface area contributed by atoms with E-state index in [1.165, 1.54) is 0 Å². The number of nitrogens with one attached hydrogen (secondary N) is 2. The van der Waals surface area contributed by atoms with Crippen LogP contribution in [0.2, 0.25) is 0 Å². The molecule has 1 aliphatic rings. The van der Waals surface area contributed by atoms with E-state index in [0.717, 1.165) is 11.3 Å². The van der Waals surface area contributed by atoms with Crippen molar-refractivity contribution >= 4 is 17.5 Å². The number of rotatable bonds is 5. The minimum absolute atomic E-state index is 0.0653. The first-order chi connectivity index (χ1) is 12.2. The lowest BCUT2D eigenvalue weighted by atomic mass is 10.0. The van der Waals surface area contributed by atoms with Gasteiger partial charge in [-0.2, -0.15) is 0 Å². The zero-order valence-electron chi connectivity index (χ0n) is 14.1. The van der Waals surface area contributed by atoms with E-state index in [9.17, 15) is 9.59 Å². The summed E-state index contributed by atoms with van der Waals surface area (Å²) in [5.74, 6) is 0.501. The number of piperazine rings is 1. The number of carbonyl (C=O) groups is 2. The van der Waals surface area contributed by atoms with Gasteiger partial charge in [0.25, 0.3) is 0 Å². The third kappa shape index (κ3) is 4.16. The Morgan fingerprint density at radius 1 is 1.16 bits per heavy atom. The van der Waals surface area contributed by atoms with Gasteiger partial charge in [-0.05, 0) is 29.8 Å². The molecule has 130 valence electrons. The van der Waals surface area contributed by atoms with Gasteiger partial charge in [0, 0.05) is 18.8 Å². The normalized spacial score (nSPS) is 16.0. The molecular weight excluding hydrogens is 318 g/mol. The second-order valence-corrected chi connectivity index (χ2v) is 5.85. The molecule has 2 aromatic carbocycles. The molecule has 6 nitrogen and oxygen atoms in total. The van der Waals surface area contributed by atoms with Crippen LogP contribution in [0.4, 0.5) is 5.69 Å². The first-order valence-corrected chi connectivity index (χ1v) is 8.18. The molecule has 6 heteroatoms. The highest BCUT2D eigenvalue weighted by atomic mass is 16.5. The number of anilines is 1. The molecule has 2 amide bonds. The van der Waals surface area contributed by atoms with Crippen molar-refractivity contribution in [3.63, 3.8) is 0 Å². The Morgan fingerprint density at radius 3 is 2.52 bits per heavy atom. The zero-order chi connectivity index (χ0) is 17.6. The monoisotopic (exact) mass is 339 g/mol. The van der Waals surface area contributed by atoms with Gasteiger partial charge in [-0.25, -0.2) is 0 Å². The van der Waals surface area contributed by atoms with E-state index < -0.39 is 6.04 Å². The van der Waals surface area contributed by atoms with Crippen molar-refractivity contribution in [1.29, 1.82) is 0 Å². The predicted octanol–water partition coefficient (Wildman–Crippen LogP) is 1.81. The molecule has 1 fully saturated rings. The van der Waals surface area contributed by atoms with Crippen LogP contribution in [0.3, 0.4) is 0 Å². The second-order valence-electron chi connectivity index (χ2n) is 5.85. The molecule has 25 heavy (non-hydrogen) atoms. The Morgan fingerprint density at radius 2 is 1.88 bits per heavy atom. The first kappa shape index (κ1) is 17.0. The van der Waals surface area contributed by atoms with Gasteiger partial charge in [-0.3, -0.25) is 14.5 Å². The Kier molecular flexibility index (Phi) is 5.30. The molecule has 0 saturated carbocycles. The van der Waals surface area contributed by atoms with Crippen LogP contribution in [0.5, 0.6) is 5.75 Å². The largest absolute Gasteiger partial charge is 0.497 e. The van der Waals surface area contributed by atoms with Gasteiger partial charge < -0.3 is 15.4 Å². The average Bonchev–Trinajstić information content (AvgIpc) is 2.63. The van der Waals surface area contributed by atoms with Crippen LogP contribution in [0.25, 0.3) is 0 Å². The molecular formula is C19H21N3O3. The lowest BCUT2D eigenvalue weighted by Crippen LogP contribution is -2.51. The Labute approximate surface area is 146 Å². The third-order valence-corrected chi connectivity index (χ3v) is 4.15. The summed E-state index contributed by atoms with van der Waals surface area (Å²) in [6, 6.07) is 16.2. The van der Waals surface area contributed by atoms with Gasteiger partial charge in [-0.15, -0.1) is 0 Å². The Balaban J connectivity index is 1.82. The topological polar surface area (TPSA) is 70.7 Å². The van der Waals surface area contributed by atoms with Gasteiger partial charge >= 0.3 is 0 Å². The minimum atomic E-state index is -0.519. The number of ether oxygens (including phenoxy) is 1. The van der Waals surface area contributed by atoms with E-state index in [1.807, 2.05) is 35.2 Å². The SMILES string of the molecule is COc1ccc(NC(=O)C(c2ccccc2)N2CCNC(=O)C2)cc1. The lowest BCUT2D eigenvalue weighted by Gasteiger charge is -2.33. The highest BCUT2D eigenvalue weighted by molar-refractivity contribution is 5.96. The summed E-state index contributed by atoms with van der Waals surface area (Å²) in [7, 11) is 1.60. The molecule has 3 rings (SSSR count). The van der Waals surface area contributed by atoms with Crippen molar-refractivity contribution in [3.8, 4) is 5.75 Å². The summed E-state index contributed by atoms with van der Waals surface area (Å²) in [6.07, 6.45) is 0. The van der Waals surface area contributed by atoms with Crippen molar-refractivity contribution in [1.82, 2.24) is 10.2 Å². The summed E-state index contributed by atoms with van der Waals surface area (Å²) in [5.41, 5.74) is 1.55. The van der Waals surface area contributed by atoms with Crippen LogP contribution in [0.1, 0.15) is 11.6 Å². The van der Waals surface area contributed by atoms with Gasteiger partial charge in [0.15, 0.2) is 0 Å². The second kappa shape index (κ2) is 7.81. The molecule has 1 aliphatic heterocycles. The quantitative estimate of drug-likeness (QED) is 0.872. The van der Waals surface area contributed by atoms with Crippen LogP contribution in [0, 0.1) is 0 Å². The van der Waals surface area contributed by atoms with E-state index in [2.05, 4.69) is 10.6 Å². The predicted molar refractivity (Wildman–Crippen MR) is 95.4 cm³/mol. The van der Waals surface area contributed by atoms with E-state index in [1.54, 1.807) is 31.4 Å². The maximum absolute atomic E-state index is 13.0. The number of hydrogen-bond acceptors (Lipinski definition) is 4.